The van der Waals surface area contributed by atoms with Crippen LogP contribution >= 0.6 is 0 Å². The average molecular weight is 690 g/mol. The predicted octanol–water partition coefficient (Wildman–Crippen LogP) is 2.66. The van der Waals surface area contributed by atoms with E-state index in [1.165, 1.54) is 29.4 Å². The fourth-order valence-corrected chi connectivity index (χ4v) is 5.63. The van der Waals surface area contributed by atoms with E-state index in [0.717, 1.165) is 0 Å². The third-order valence-corrected chi connectivity index (χ3v) is 8.20. The van der Waals surface area contributed by atoms with Crippen LogP contribution in [0.25, 0.3) is 0 Å². The summed E-state index contributed by atoms with van der Waals surface area (Å²) in [6.07, 6.45) is 4.91. The van der Waals surface area contributed by atoms with Crippen LogP contribution < -0.4 is 31.3 Å². The Morgan fingerprint density at radius 3 is 1.98 bits per heavy atom. The Balaban J connectivity index is 3.15. The molecule has 5 amide bonds. The van der Waals surface area contributed by atoms with E-state index < -0.39 is 30.1 Å². The van der Waals surface area contributed by atoms with E-state index in [-0.39, 0.29) is 52.5 Å². The van der Waals surface area contributed by atoms with Gasteiger partial charge in [0.2, 0.25) is 23.6 Å². The van der Waals surface area contributed by atoms with Gasteiger partial charge in [0.1, 0.15) is 18.1 Å². The number of amides is 5. The average Bonchev–Trinajstić information content (AvgIpc) is 3.00. The summed E-state index contributed by atoms with van der Waals surface area (Å²) in [6.45, 7) is 20.2. The van der Waals surface area contributed by atoms with Crippen molar-refractivity contribution in [3.63, 3.8) is 0 Å². The molecular weight excluding hydrogens is 626 g/mol. The third kappa shape index (κ3) is 15.1. The van der Waals surface area contributed by atoms with Gasteiger partial charge in [0.25, 0.3) is 5.91 Å². The first-order chi connectivity index (χ1) is 22.8. The first kappa shape index (κ1) is 43.3. The number of rotatable bonds is 20. The lowest BCUT2D eigenvalue weighted by atomic mass is 9.87. The fourth-order valence-electron chi connectivity index (χ4n) is 5.63. The van der Waals surface area contributed by atoms with Gasteiger partial charge in [-0.3, -0.25) is 24.0 Å². The molecule has 1 aromatic rings. The summed E-state index contributed by atoms with van der Waals surface area (Å²) in [6, 6.07) is -0.510. The quantitative estimate of drug-likeness (QED) is 0.103. The highest BCUT2D eigenvalue weighted by Crippen LogP contribution is 2.23. The molecule has 1 heterocycles. The number of hydrogen-bond donors (Lipinski definition) is 5. The molecular formula is C36H63N7O6. The zero-order chi connectivity index (χ0) is 37.5. The van der Waals surface area contributed by atoms with Crippen molar-refractivity contribution in [2.24, 2.45) is 17.3 Å². The van der Waals surface area contributed by atoms with Crippen molar-refractivity contribution in [1.82, 2.24) is 31.5 Å². The van der Waals surface area contributed by atoms with Crippen molar-refractivity contribution in [2.75, 3.05) is 20.1 Å². The first-order valence-corrected chi connectivity index (χ1v) is 17.7. The molecule has 49 heavy (non-hydrogen) atoms. The summed E-state index contributed by atoms with van der Waals surface area (Å²) in [5.41, 5.74) is -0.0760. The molecule has 278 valence electrons. The molecule has 0 aliphatic heterocycles. The van der Waals surface area contributed by atoms with Crippen LogP contribution in [0.4, 0.5) is 0 Å². The van der Waals surface area contributed by atoms with E-state index >= 15 is 0 Å². The minimum Gasteiger partial charge on any atom is -0.619 e. The van der Waals surface area contributed by atoms with Crippen molar-refractivity contribution in [2.45, 2.75) is 132 Å². The number of pyridine rings is 1. The van der Waals surface area contributed by atoms with Crippen LogP contribution in [0.1, 0.15) is 112 Å². The second-order valence-corrected chi connectivity index (χ2v) is 14.8. The fraction of sp³-hybridized carbons (Fsp3) is 0.722. The predicted molar refractivity (Wildman–Crippen MR) is 191 cm³/mol. The minimum atomic E-state index is -0.907. The van der Waals surface area contributed by atoms with Crippen molar-refractivity contribution in [1.29, 1.82) is 0 Å². The van der Waals surface area contributed by atoms with Crippen LogP contribution in [0.2, 0.25) is 0 Å². The van der Waals surface area contributed by atoms with Crippen molar-refractivity contribution >= 4 is 29.5 Å². The van der Waals surface area contributed by atoms with Crippen LogP contribution in [-0.4, -0.2) is 84.8 Å². The highest BCUT2D eigenvalue weighted by Gasteiger charge is 2.35. The molecule has 0 radical (unpaired) electrons. The monoisotopic (exact) mass is 689 g/mol. The van der Waals surface area contributed by atoms with Gasteiger partial charge in [-0.1, -0.05) is 68.7 Å². The van der Waals surface area contributed by atoms with Gasteiger partial charge in [-0.2, -0.15) is 4.73 Å². The molecule has 0 fully saturated rings. The molecule has 0 bridgehead atoms. The van der Waals surface area contributed by atoms with Gasteiger partial charge in [0.15, 0.2) is 12.4 Å². The normalized spacial score (nSPS) is 14.7. The van der Waals surface area contributed by atoms with Crippen LogP contribution in [0.3, 0.4) is 0 Å². The van der Waals surface area contributed by atoms with E-state index in [0.29, 0.717) is 49.9 Å². The molecule has 1 rings (SSSR count). The molecule has 13 heteroatoms. The van der Waals surface area contributed by atoms with Gasteiger partial charge in [0.05, 0.1) is 11.6 Å². The van der Waals surface area contributed by atoms with Crippen molar-refractivity contribution in [3.8, 4) is 0 Å². The number of hydrogen-bond acceptors (Lipinski definition) is 7. The molecule has 0 unspecified atom stereocenters. The first-order valence-electron chi connectivity index (χ1n) is 17.7. The van der Waals surface area contributed by atoms with Crippen LogP contribution in [0.5, 0.6) is 0 Å². The maximum absolute atomic E-state index is 14.0. The summed E-state index contributed by atoms with van der Waals surface area (Å²) in [5, 5.41) is 26.4. The number of likely N-dealkylation sites (N-methyl/N-ethyl adjacent to an activating group) is 2. The summed E-state index contributed by atoms with van der Waals surface area (Å²) in [4.78, 5) is 68.1. The highest BCUT2D eigenvalue weighted by molar-refractivity contribution is 5.98. The summed E-state index contributed by atoms with van der Waals surface area (Å²) >= 11 is 0. The maximum atomic E-state index is 14.0. The second-order valence-electron chi connectivity index (χ2n) is 14.8. The van der Waals surface area contributed by atoms with Crippen LogP contribution in [-0.2, 0) is 19.2 Å². The topological polar surface area (TPSA) is 176 Å². The van der Waals surface area contributed by atoms with Crippen LogP contribution in [0, 0.1) is 22.5 Å². The van der Waals surface area contributed by atoms with Crippen LogP contribution in [0.15, 0.2) is 24.5 Å². The van der Waals surface area contributed by atoms with E-state index in [9.17, 15) is 29.2 Å². The maximum Gasteiger partial charge on any atom is 0.252 e. The molecule has 0 saturated carbocycles. The van der Waals surface area contributed by atoms with Crippen molar-refractivity contribution in [3.05, 3.63) is 35.3 Å². The van der Waals surface area contributed by atoms with E-state index in [1.807, 2.05) is 69.2 Å². The standard InChI is InChI=1S/C36H63N7O6/c1-12-15-29(42(11)35(48)28(21-36(8,9)10)40-31(44)25-16-18-43(49)19-17-25)33(46)39-26(20-23(4)5)22-38-27(13-2)32(45)41-30(24(6)7)34(47)37-14-3/h16-19,23-24,26-30,38H,12-15,20-22H2,1-11H3,(H,37,47)(H,39,46)(H,40,44)(H,41,45)/t26-,27-,28-,29-,30-/m0/s1. The molecule has 0 aliphatic rings. The number of nitrogens with zero attached hydrogens (tertiary/aromatic N) is 2. The Morgan fingerprint density at radius 2 is 1.49 bits per heavy atom. The Kier molecular flexibility index (Phi) is 18.3. The van der Waals surface area contributed by atoms with Gasteiger partial charge < -0.3 is 36.7 Å². The summed E-state index contributed by atoms with van der Waals surface area (Å²) in [7, 11) is 1.58. The molecule has 5 N–H and O–H groups in total. The van der Waals surface area contributed by atoms with Gasteiger partial charge >= 0.3 is 0 Å². The lowest BCUT2D eigenvalue weighted by molar-refractivity contribution is -0.605. The Labute approximate surface area is 293 Å². The Morgan fingerprint density at radius 1 is 0.878 bits per heavy atom. The zero-order valence-electron chi connectivity index (χ0n) is 31.6. The lowest BCUT2D eigenvalue weighted by Crippen LogP contribution is -2.58. The van der Waals surface area contributed by atoms with E-state index in [2.05, 4.69) is 26.6 Å². The molecule has 5 atom stereocenters. The Hall–Kier alpha value is -3.74. The molecule has 1 aromatic heterocycles. The van der Waals surface area contributed by atoms with E-state index in [4.69, 9.17) is 0 Å². The number of nitrogens with one attached hydrogen (secondary N) is 5. The number of carbonyl (C=O) groups is 5. The molecule has 0 aliphatic carbocycles. The van der Waals surface area contributed by atoms with Crippen molar-refractivity contribution < 1.29 is 28.7 Å². The number of carbonyl (C=O) groups excluding carboxylic acids is 5. The van der Waals surface area contributed by atoms with E-state index in [1.54, 1.807) is 7.05 Å². The minimum absolute atomic E-state index is 0.100. The van der Waals surface area contributed by atoms with Gasteiger partial charge in [-0.15, -0.1) is 0 Å². The highest BCUT2D eigenvalue weighted by atomic mass is 16.5. The largest absolute Gasteiger partial charge is 0.619 e. The number of aromatic nitrogens is 1. The SMILES string of the molecule is CCC[C@@H](C(=O)N[C@H](CN[C@@H](CC)C(=O)N[C@H](C(=O)NCC)C(C)C)CC(C)C)N(C)C(=O)[C@H](CC(C)(C)C)NC(=O)c1cc[n+]([O-])cc1. The molecule has 0 saturated heterocycles. The van der Waals surface area contributed by atoms with Gasteiger partial charge in [-0.25, -0.2) is 0 Å². The molecule has 13 nitrogen and oxygen atoms in total. The second kappa shape index (κ2) is 20.7. The molecule has 0 spiro atoms. The van der Waals surface area contributed by atoms with Gasteiger partial charge in [-0.05, 0) is 49.9 Å². The summed E-state index contributed by atoms with van der Waals surface area (Å²) < 4.78 is 0.576. The third-order valence-electron chi connectivity index (χ3n) is 8.20. The molecule has 0 aromatic carbocycles. The summed E-state index contributed by atoms with van der Waals surface area (Å²) in [5.74, 6) is -1.58. The Bertz CT molecular complexity index is 1220. The van der Waals surface area contributed by atoms with Gasteiger partial charge in [0, 0.05) is 38.3 Å². The zero-order valence-corrected chi connectivity index (χ0v) is 31.6. The lowest BCUT2D eigenvalue weighted by Gasteiger charge is -2.34. The smallest absolute Gasteiger partial charge is 0.252 e.